The van der Waals surface area contributed by atoms with Crippen molar-refractivity contribution < 1.29 is 19.2 Å². The molecule has 1 heterocycles. The summed E-state index contributed by atoms with van der Waals surface area (Å²) in [6.07, 6.45) is 0. The van der Waals surface area contributed by atoms with Crippen LogP contribution in [0.15, 0.2) is 10.6 Å². The third kappa shape index (κ3) is 3.08. The Morgan fingerprint density at radius 2 is 2.07 bits per heavy atom. The lowest BCUT2D eigenvalue weighted by Gasteiger charge is -2.19. The summed E-state index contributed by atoms with van der Waals surface area (Å²) in [7, 11) is 0. The Kier molecular flexibility index (Phi) is 2.78. The third-order valence-corrected chi connectivity index (χ3v) is 1.44. The van der Waals surface area contributed by atoms with Gasteiger partial charge in [-0.1, -0.05) is 5.16 Å². The first kappa shape index (κ1) is 11.2. The molecule has 2 N–H and O–H groups in total. The SMILES string of the molecule is CC(C)(C)NC(=O)c1cc(C(=O)O)on1. The van der Waals surface area contributed by atoms with Gasteiger partial charge >= 0.3 is 5.97 Å². The first-order valence-electron chi connectivity index (χ1n) is 4.32. The highest BCUT2D eigenvalue weighted by atomic mass is 16.5. The minimum atomic E-state index is -1.25. The Hall–Kier alpha value is -1.85. The largest absolute Gasteiger partial charge is 0.475 e. The lowest BCUT2D eigenvalue weighted by molar-refractivity contribution is 0.0650. The Bertz CT molecular complexity index is 389. The van der Waals surface area contributed by atoms with Gasteiger partial charge in [0.15, 0.2) is 5.69 Å². The van der Waals surface area contributed by atoms with Crippen LogP contribution < -0.4 is 5.32 Å². The fourth-order valence-corrected chi connectivity index (χ4v) is 0.888. The maximum Gasteiger partial charge on any atom is 0.374 e. The van der Waals surface area contributed by atoms with Crippen LogP contribution >= 0.6 is 0 Å². The fourth-order valence-electron chi connectivity index (χ4n) is 0.888. The summed E-state index contributed by atoms with van der Waals surface area (Å²) >= 11 is 0. The van der Waals surface area contributed by atoms with Crippen molar-refractivity contribution in [2.45, 2.75) is 26.3 Å². The standard InChI is InChI=1S/C9H12N2O4/c1-9(2,3)10-7(12)5-4-6(8(13)14)15-11-5/h4H,1-3H3,(H,10,12)(H,13,14). The number of nitrogens with one attached hydrogen (secondary N) is 1. The third-order valence-electron chi connectivity index (χ3n) is 1.44. The summed E-state index contributed by atoms with van der Waals surface area (Å²) in [6, 6.07) is 1.09. The van der Waals surface area contributed by atoms with Gasteiger partial charge in [-0.25, -0.2) is 4.79 Å². The molecule has 6 nitrogen and oxygen atoms in total. The molecule has 1 aromatic heterocycles. The molecule has 0 radical (unpaired) electrons. The van der Waals surface area contributed by atoms with Crippen LogP contribution in [0.25, 0.3) is 0 Å². The molecule has 6 heteroatoms. The van der Waals surface area contributed by atoms with Gasteiger partial charge in [0.05, 0.1) is 0 Å². The van der Waals surface area contributed by atoms with E-state index in [-0.39, 0.29) is 11.5 Å². The van der Waals surface area contributed by atoms with E-state index in [9.17, 15) is 9.59 Å². The Morgan fingerprint density at radius 1 is 1.47 bits per heavy atom. The Labute approximate surface area is 86.3 Å². The van der Waals surface area contributed by atoms with E-state index in [1.807, 2.05) is 20.8 Å². The Balaban J connectivity index is 2.79. The van der Waals surface area contributed by atoms with Crippen molar-refractivity contribution in [3.8, 4) is 0 Å². The number of carbonyl (C=O) groups excluding carboxylic acids is 1. The van der Waals surface area contributed by atoms with Crippen LogP contribution in [-0.2, 0) is 0 Å². The summed E-state index contributed by atoms with van der Waals surface area (Å²) < 4.78 is 4.45. The maximum absolute atomic E-state index is 11.5. The summed E-state index contributed by atoms with van der Waals surface area (Å²) in [5.41, 5.74) is -0.443. The minimum Gasteiger partial charge on any atom is -0.475 e. The van der Waals surface area contributed by atoms with Gasteiger partial charge in [-0.15, -0.1) is 0 Å². The van der Waals surface area contributed by atoms with E-state index in [0.29, 0.717) is 0 Å². The van der Waals surface area contributed by atoms with Crippen LogP contribution in [0.5, 0.6) is 0 Å². The molecule has 0 spiro atoms. The summed E-state index contributed by atoms with van der Waals surface area (Å²) in [6.45, 7) is 5.43. The molecule has 15 heavy (non-hydrogen) atoms. The number of carbonyl (C=O) groups is 2. The average molecular weight is 212 g/mol. The number of hydrogen-bond donors (Lipinski definition) is 2. The van der Waals surface area contributed by atoms with Crippen LogP contribution in [-0.4, -0.2) is 27.7 Å². The van der Waals surface area contributed by atoms with Crippen LogP contribution in [0.3, 0.4) is 0 Å². The van der Waals surface area contributed by atoms with Gasteiger partial charge in [0.2, 0.25) is 5.76 Å². The molecule has 0 saturated heterocycles. The molecule has 0 bridgehead atoms. The number of carboxylic acids is 1. The van der Waals surface area contributed by atoms with Gasteiger partial charge in [0, 0.05) is 11.6 Å². The summed E-state index contributed by atoms with van der Waals surface area (Å²) in [4.78, 5) is 21.9. The van der Waals surface area contributed by atoms with Crippen molar-refractivity contribution >= 4 is 11.9 Å². The zero-order chi connectivity index (χ0) is 11.6. The first-order chi connectivity index (χ1) is 6.79. The topological polar surface area (TPSA) is 92.4 Å². The van der Waals surface area contributed by atoms with E-state index >= 15 is 0 Å². The maximum atomic E-state index is 11.5. The van der Waals surface area contributed by atoms with Crippen LogP contribution in [0.4, 0.5) is 0 Å². The monoisotopic (exact) mass is 212 g/mol. The smallest absolute Gasteiger partial charge is 0.374 e. The Morgan fingerprint density at radius 3 is 2.47 bits per heavy atom. The molecule has 0 fully saturated rings. The first-order valence-corrected chi connectivity index (χ1v) is 4.32. The number of amides is 1. The zero-order valence-corrected chi connectivity index (χ0v) is 8.70. The van der Waals surface area contributed by atoms with E-state index in [1.54, 1.807) is 0 Å². The number of hydrogen-bond acceptors (Lipinski definition) is 4. The second-order valence-electron chi connectivity index (χ2n) is 4.09. The van der Waals surface area contributed by atoms with Crippen LogP contribution in [0, 0.1) is 0 Å². The molecule has 0 aliphatic rings. The molecular weight excluding hydrogens is 200 g/mol. The molecule has 0 unspecified atom stereocenters. The fraction of sp³-hybridized carbons (Fsp3) is 0.444. The van der Waals surface area contributed by atoms with E-state index in [0.717, 1.165) is 6.07 Å². The minimum absolute atomic E-state index is 0.0395. The normalized spacial score (nSPS) is 11.1. The highest BCUT2D eigenvalue weighted by Gasteiger charge is 2.20. The highest BCUT2D eigenvalue weighted by molar-refractivity contribution is 5.95. The van der Waals surface area contributed by atoms with E-state index in [2.05, 4.69) is 15.0 Å². The van der Waals surface area contributed by atoms with Crippen molar-refractivity contribution in [1.29, 1.82) is 0 Å². The van der Waals surface area contributed by atoms with Gasteiger partial charge in [-0.2, -0.15) is 0 Å². The second-order valence-corrected chi connectivity index (χ2v) is 4.09. The number of aromatic carboxylic acids is 1. The zero-order valence-electron chi connectivity index (χ0n) is 8.70. The number of rotatable bonds is 2. The van der Waals surface area contributed by atoms with Gasteiger partial charge in [-0.05, 0) is 20.8 Å². The van der Waals surface area contributed by atoms with Gasteiger partial charge in [-0.3, -0.25) is 4.79 Å². The lowest BCUT2D eigenvalue weighted by atomic mass is 10.1. The average Bonchev–Trinajstić information content (AvgIpc) is 2.47. The molecule has 82 valence electrons. The molecule has 0 atom stereocenters. The van der Waals surface area contributed by atoms with E-state index in [1.165, 1.54) is 0 Å². The van der Waals surface area contributed by atoms with Crippen molar-refractivity contribution in [2.24, 2.45) is 0 Å². The van der Waals surface area contributed by atoms with Gasteiger partial charge in [0.25, 0.3) is 5.91 Å². The van der Waals surface area contributed by atoms with Crippen LogP contribution in [0.1, 0.15) is 41.8 Å². The molecule has 0 aromatic carbocycles. The van der Waals surface area contributed by atoms with E-state index in [4.69, 9.17) is 5.11 Å². The predicted octanol–water partition coefficient (Wildman–Crippen LogP) is 0.901. The highest BCUT2D eigenvalue weighted by Crippen LogP contribution is 2.06. The second kappa shape index (κ2) is 3.72. The molecular formula is C9H12N2O4. The van der Waals surface area contributed by atoms with Crippen molar-refractivity contribution in [3.63, 3.8) is 0 Å². The molecule has 1 amide bonds. The molecule has 0 aliphatic carbocycles. The molecule has 0 saturated carbocycles. The van der Waals surface area contributed by atoms with Gasteiger partial charge < -0.3 is 14.9 Å². The number of aromatic nitrogens is 1. The number of nitrogens with zero attached hydrogens (tertiary/aromatic N) is 1. The molecule has 0 aliphatic heterocycles. The predicted molar refractivity (Wildman–Crippen MR) is 50.7 cm³/mol. The van der Waals surface area contributed by atoms with Crippen LogP contribution in [0.2, 0.25) is 0 Å². The van der Waals surface area contributed by atoms with Gasteiger partial charge in [0.1, 0.15) is 0 Å². The van der Waals surface area contributed by atoms with Crippen molar-refractivity contribution in [1.82, 2.24) is 10.5 Å². The summed E-state index contributed by atoms with van der Waals surface area (Å²) in [5, 5.41) is 14.5. The van der Waals surface area contributed by atoms with Crippen molar-refractivity contribution in [3.05, 3.63) is 17.5 Å². The van der Waals surface area contributed by atoms with Crippen molar-refractivity contribution in [2.75, 3.05) is 0 Å². The van der Waals surface area contributed by atoms with E-state index < -0.39 is 17.4 Å². The lowest BCUT2D eigenvalue weighted by Crippen LogP contribution is -2.40. The molecule has 1 aromatic rings. The molecule has 1 rings (SSSR count). The summed E-state index contributed by atoms with van der Waals surface area (Å²) in [5.74, 6) is -2.06. The quantitative estimate of drug-likeness (QED) is 0.759. The number of carboxylic acid groups (broad SMARTS) is 1.